The fourth-order valence-corrected chi connectivity index (χ4v) is 3.43. The summed E-state index contributed by atoms with van der Waals surface area (Å²) in [5.74, 6) is -1.28. The predicted molar refractivity (Wildman–Crippen MR) is 89.5 cm³/mol. The lowest BCUT2D eigenvalue weighted by atomic mass is 10.0. The Labute approximate surface area is 155 Å². The molecule has 2 saturated heterocycles. The predicted octanol–water partition coefficient (Wildman–Crippen LogP) is 1.48. The van der Waals surface area contributed by atoms with Gasteiger partial charge in [0, 0.05) is 0 Å². The maximum absolute atomic E-state index is 10.9. The minimum Gasteiger partial charge on any atom is -0.387 e. The number of aliphatic hydroxyl groups is 1. The summed E-state index contributed by atoms with van der Waals surface area (Å²) in [5.41, 5.74) is 0.521. The van der Waals surface area contributed by atoms with E-state index in [4.69, 9.17) is 30.5 Å². The van der Waals surface area contributed by atoms with Gasteiger partial charge in [-0.15, -0.1) is 10.2 Å². The molecule has 26 heavy (non-hydrogen) atoms. The summed E-state index contributed by atoms with van der Waals surface area (Å²) >= 11 is 6.00. The van der Waals surface area contributed by atoms with E-state index in [-0.39, 0.29) is 6.61 Å². The third-order valence-electron chi connectivity index (χ3n) is 4.39. The minimum atomic E-state index is -0.991. The summed E-state index contributed by atoms with van der Waals surface area (Å²) in [6.45, 7) is 7.39. The van der Waals surface area contributed by atoms with Crippen molar-refractivity contribution in [3.63, 3.8) is 0 Å². The number of halogens is 1. The van der Waals surface area contributed by atoms with Crippen molar-refractivity contribution in [2.75, 3.05) is 6.61 Å². The maximum Gasteiger partial charge on any atom is 0.186 e. The Morgan fingerprint density at radius 1 is 1.15 bits per heavy atom. The monoisotopic (exact) mass is 384 g/mol. The first kappa shape index (κ1) is 18.0. The second-order valence-electron chi connectivity index (χ2n) is 7.36. The molecule has 1 N–H and O–H groups in total. The van der Waals surface area contributed by atoms with Gasteiger partial charge in [-0.1, -0.05) is 11.6 Å². The summed E-state index contributed by atoms with van der Waals surface area (Å²) in [7, 11) is 0. The van der Waals surface area contributed by atoms with Gasteiger partial charge in [0.2, 0.25) is 0 Å². The second-order valence-corrected chi connectivity index (χ2v) is 7.75. The molecule has 4 rings (SSSR count). The molecule has 0 unspecified atom stereocenters. The van der Waals surface area contributed by atoms with Crippen LogP contribution >= 0.6 is 11.6 Å². The van der Waals surface area contributed by atoms with Gasteiger partial charge < -0.3 is 24.1 Å². The van der Waals surface area contributed by atoms with E-state index in [0.29, 0.717) is 16.6 Å². The van der Waals surface area contributed by atoms with Gasteiger partial charge in [0.1, 0.15) is 23.5 Å². The lowest BCUT2D eigenvalue weighted by Crippen LogP contribution is -2.43. The first-order valence-electron chi connectivity index (χ1n) is 8.39. The zero-order valence-electron chi connectivity index (χ0n) is 14.9. The molecule has 2 aromatic heterocycles. The maximum atomic E-state index is 10.9. The van der Waals surface area contributed by atoms with E-state index in [1.807, 2.05) is 0 Å². The van der Waals surface area contributed by atoms with Crippen molar-refractivity contribution in [2.45, 2.75) is 63.7 Å². The molecule has 0 aliphatic carbocycles. The minimum absolute atomic E-state index is 0.256. The third-order valence-corrected chi connectivity index (χ3v) is 4.59. The fourth-order valence-electron chi connectivity index (χ4n) is 3.29. The van der Waals surface area contributed by atoms with Crippen LogP contribution in [0.15, 0.2) is 12.1 Å². The highest BCUT2D eigenvalue weighted by molar-refractivity contribution is 6.29. The Morgan fingerprint density at radius 3 is 2.62 bits per heavy atom. The quantitative estimate of drug-likeness (QED) is 0.849. The van der Waals surface area contributed by atoms with Crippen LogP contribution in [0.5, 0.6) is 0 Å². The average Bonchev–Trinajstić information content (AvgIpc) is 3.21. The van der Waals surface area contributed by atoms with Gasteiger partial charge in [0.25, 0.3) is 0 Å². The molecule has 9 nitrogen and oxygen atoms in total. The third kappa shape index (κ3) is 3.19. The number of aromatic nitrogens is 4. The Balaban J connectivity index is 1.67. The number of rotatable bonds is 3. The molecule has 4 heterocycles. The van der Waals surface area contributed by atoms with Crippen LogP contribution in [0.3, 0.4) is 0 Å². The molecule has 0 aromatic carbocycles. The molecule has 10 heteroatoms. The topological polar surface area (TPSA) is 100 Å². The number of aliphatic hydroxyl groups excluding tert-OH is 1. The molecule has 0 saturated carbocycles. The molecule has 2 aliphatic rings. The molecule has 2 aromatic rings. The van der Waals surface area contributed by atoms with E-state index in [0.717, 1.165) is 0 Å². The Hall–Kier alpha value is -1.36. The number of hydrogen-bond acceptors (Lipinski definition) is 8. The highest BCUT2D eigenvalue weighted by Crippen LogP contribution is 2.41. The van der Waals surface area contributed by atoms with Gasteiger partial charge in [-0.05, 0) is 39.8 Å². The lowest BCUT2D eigenvalue weighted by Gasteiger charge is -2.26. The molecular formula is C16H21ClN4O5. The van der Waals surface area contributed by atoms with E-state index in [1.165, 1.54) is 4.52 Å². The average molecular weight is 385 g/mol. The van der Waals surface area contributed by atoms with Crippen LogP contribution in [0, 0.1) is 0 Å². The normalized spacial score (nSPS) is 31.5. The molecule has 0 spiro atoms. The standard InChI is InChI=1S/C16H21ClN4O5/c1-15(2)23-7-8(24-15)11(22)12-13(26-16(3,4)25-12)14-19-18-10-6-5-9(17)20-21(10)14/h5-6,8,11-13,22H,7H2,1-4H3/t8-,11-,12+,13+/m1/s1. The van der Waals surface area contributed by atoms with Crippen molar-refractivity contribution in [3.8, 4) is 0 Å². The molecule has 2 aliphatic heterocycles. The van der Waals surface area contributed by atoms with Crippen molar-refractivity contribution in [1.29, 1.82) is 0 Å². The summed E-state index contributed by atoms with van der Waals surface area (Å²) in [5, 5.41) is 23.7. The van der Waals surface area contributed by atoms with Crippen molar-refractivity contribution in [1.82, 2.24) is 19.8 Å². The molecule has 142 valence electrons. The number of fused-ring (bicyclic) bond motifs is 1. The largest absolute Gasteiger partial charge is 0.387 e. The van der Waals surface area contributed by atoms with Crippen molar-refractivity contribution < 1.29 is 24.1 Å². The van der Waals surface area contributed by atoms with E-state index >= 15 is 0 Å². The Bertz CT molecular complexity index is 826. The van der Waals surface area contributed by atoms with Crippen LogP contribution in [-0.2, 0) is 18.9 Å². The molecule has 0 radical (unpaired) electrons. The summed E-state index contributed by atoms with van der Waals surface area (Å²) in [4.78, 5) is 0. The smallest absolute Gasteiger partial charge is 0.186 e. The number of nitrogens with zero attached hydrogens (tertiary/aromatic N) is 4. The highest BCUT2D eigenvalue weighted by Gasteiger charge is 2.51. The Kier molecular flexibility index (Phi) is 4.22. The van der Waals surface area contributed by atoms with E-state index < -0.39 is 36.0 Å². The zero-order chi connectivity index (χ0) is 18.7. The van der Waals surface area contributed by atoms with Crippen LogP contribution < -0.4 is 0 Å². The van der Waals surface area contributed by atoms with Crippen LogP contribution in [0.4, 0.5) is 0 Å². The Morgan fingerprint density at radius 2 is 1.92 bits per heavy atom. The van der Waals surface area contributed by atoms with E-state index in [1.54, 1.807) is 39.8 Å². The van der Waals surface area contributed by atoms with Gasteiger partial charge in [-0.2, -0.15) is 9.61 Å². The van der Waals surface area contributed by atoms with E-state index in [2.05, 4.69) is 15.3 Å². The van der Waals surface area contributed by atoms with Crippen molar-refractivity contribution in [3.05, 3.63) is 23.1 Å². The first-order valence-corrected chi connectivity index (χ1v) is 8.76. The number of ether oxygens (including phenoxy) is 4. The first-order chi connectivity index (χ1) is 12.2. The van der Waals surface area contributed by atoms with Crippen LogP contribution in [0.1, 0.15) is 39.6 Å². The highest BCUT2D eigenvalue weighted by atomic mass is 35.5. The van der Waals surface area contributed by atoms with Crippen LogP contribution in [-0.4, -0.2) is 61.4 Å². The van der Waals surface area contributed by atoms with Gasteiger partial charge in [0.05, 0.1) is 6.61 Å². The molecule has 2 fully saturated rings. The van der Waals surface area contributed by atoms with Gasteiger partial charge >= 0.3 is 0 Å². The summed E-state index contributed by atoms with van der Waals surface area (Å²) < 4.78 is 24.8. The van der Waals surface area contributed by atoms with Gasteiger partial charge in [-0.25, -0.2) is 0 Å². The van der Waals surface area contributed by atoms with Crippen molar-refractivity contribution in [2.24, 2.45) is 0 Å². The van der Waals surface area contributed by atoms with Crippen LogP contribution in [0.25, 0.3) is 5.65 Å². The van der Waals surface area contributed by atoms with Gasteiger partial charge in [-0.3, -0.25) is 0 Å². The molecule has 0 amide bonds. The SMILES string of the molecule is CC1(C)O[C@@H]([C@H](O)[C@H]2COC(C)(C)O2)[C@@H](c2nnc3ccc(Cl)nn23)O1. The summed E-state index contributed by atoms with van der Waals surface area (Å²) in [6.07, 6.45) is -2.98. The lowest BCUT2D eigenvalue weighted by molar-refractivity contribution is -0.178. The fraction of sp³-hybridized carbons (Fsp3) is 0.688. The zero-order valence-corrected chi connectivity index (χ0v) is 15.7. The number of hydrogen-bond donors (Lipinski definition) is 1. The molecule has 4 atom stereocenters. The second kappa shape index (κ2) is 6.08. The summed E-state index contributed by atoms with van der Waals surface area (Å²) in [6, 6.07) is 3.33. The van der Waals surface area contributed by atoms with Crippen molar-refractivity contribution >= 4 is 17.2 Å². The molecule has 0 bridgehead atoms. The van der Waals surface area contributed by atoms with E-state index in [9.17, 15) is 5.11 Å². The van der Waals surface area contributed by atoms with Gasteiger partial charge in [0.15, 0.2) is 29.1 Å². The van der Waals surface area contributed by atoms with Crippen LogP contribution in [0.2, 0.25) is 5.15 Å². The molecular weight excluding hydrogens is 364 g/mol.